The van der Waals surface area contributed by atoms with Gasteiger partial charge in [0, 0.05) is 78.7 Å². The highest BCUT2D eigenvalue weighted by atomic mass is 32.2. The van der Waals surface area contributed by atoms with Gasteiger partial charge in [-0.25, -0.2) is 14.4 Å². The number of non-ortho nitro benzene ring substituents is 3. The largest absolute Gasteiger partial charge is 0.456 e. The number of amides is 4. The van der Waals surface area contributed by atoms with E-state index in [1.165, 1.54) is 101 Å². The minimum Gasteiger partial charge on any atom is -0.456 e. The lowest BCUT2D eigenvalue weighted by Crippen LogP contribution is -2.63. The molecule has 3 saturated heterocycles. The van der Waals surface area contributed by atoms with E-state index >= 15 is 0 Å². The molecule has 0 unspecified atom stereocenters. The van der Waals surface area contributed by atoms with Crippen LogP contribution < -0.4 is 5.32 Å². The van der Waals surface area contributed by atoms with E-state index in [0.29, 0.717) is 34.6 Å². The number of carbonyl (C=O) groups is 5. The van der Waals surface area contributed by atoms with Gasteiger partial charge >= 0.3 is 18.2 Å². The van der Waals surface area contributed by atoms with Gasteiger partial charge in [0.05, 0.1) is 32.8 Å². The van der Waals surface area contributed by atoms with E-state index in [2.05, 4.69) is 5.32 Å². The van der Waals surface area contributed by atoms with Gasteiger partial charge in [0.15, 0.2) is 0 Å². The third-order valence-corrected chi connectivity index (χ3v) is 13.5. The number of esters is 1. The number of β-lactam (4-membered cyclic amide) rings is 1. The Morgan fingerprint density at radius 1 is 0.803 bits per heavy atom. The average molecular weight is 932 g/mol. The van der Waals surface area contributed by atoms with Crippen LogP contribution in [0.5, 0.6) is 0 Å². The number of hydrogen-bond donors (Lipinski definition) is 2. The topological polar surface area (TPSA) is 284 Å². The number of fused-ring (bicyclic) bond motifs is 1. The SMILES string of the molecule is C[C@@H](O)[C@H]1C(=O)N2C(C(=O)OCc3ccc([N+](=O)[O-])cc3)=C(S[C@H]3C[C@@H](C(=O)N4CC[C@H](CNC(=O)OCc5ccc([N+](=O)[O-])cc5)C4)N(C(=O)OCc4ccc([N+](=O)[O-])cc4)C3)[C@H](C)[C@H]12. The van der Waals surface area contributed by atoms with Gasteiger partial charge in [0.1, 0.15) is 31.6 Å². The summed E-state index contributed by atoms with van der Waals surface area (Å²) >= 11 is 1.22. The second-order valence-corrected chi connectivity index (χ2v) is 17.8. The summed E-state index contributed by atoms with van der Waals surface area (Å²) in [6.07, 6.45) is -1.93. The van der Waals surface area contributed by atoms with Crippen molar-refractivity contribution in [3.63, 3.8) is 0 Å². The van der Waals surface area contributed by atoms with E-state index in [1.807, 2.05) is 6.92 Å². The fraction of sp³-hybridized carbons (Fsp3) is 0.419. The van der Waals surface area contributed by atoms with Gasteiger partial charge in [0.25, 0.3) is 17.1 Å². The normalized spacial score (nSPS) is 22.6. The van der Waals surface area contributed by atoms with Gasteiger partial charge in [-0.15, -0.1) is 11.8 Å². The van der Waals surface area contributed by atoms with Gasteiger partial charge < -0.3 is 34.4 Å². The zero-order chi connectivity index (χ0) is 47.4. The quantitative estimate of drug-likeness (QED) is 0.0641. The predicted octanol–water partition coefficient (Wildman–Crippen LogP) is 4.81. The van der Waals surface area contributed by atoms with Crippen molar-refractivity contribution in [2.75, 3.05) is 26.2 Å². The van der Waals surface area contributed by atoms with Crippen molar-refractivity contribution in [3.8, 4) is 0 Å². The molecule has 23 heteroatoms. The monoisotopic (exact) mass is 931 g/mol. The number of ether oxygens (including phenoxy) is 3. The van der Waals surface area contributed by atoms with Crippen molar-refractivity contribution in [2.24, 2.45) is 17.8 Å². The number of aliphatic hydroxyl groups is 1. The number of alkyl carbamates (subject to hydrolysis) is 1. The van der Waals surface area contributed by atoms with Crippen molar-refractivity contribution in [3.05, 3.63) is 130 Å². The van der Waals surface area contributed by atoms with Crippen LogP contribution in [0, 0.1) is 48.1 Å². The summed E-state index contributed by atoms with van der Waals surface area (Å²) in [5.41, 5.74) is 1.06. The zero-order valence-corrected chi connectivity index (χ0v) is 36.4. The number of nitro benzene ring substituents is 3. The number of aliphatic hydroxyl groups excluding tert-OH is 1. The van der Waals surface area contributed by atoms with Crippen LogP contribution in [-0.4, -0.2) is 114 Å². The van der Waals surface area contributed by atoms with E-state index in [4.69, 9.17) is 14.2 Å². The number of hydrogen-bond acceptors (Lipinski definition) is 16. The number of benzene rings is 3. The standard InChI is InChI=1S/C43H45N7O15S/c1-24-36-35(25(2)51)40(53)47(36)37(41(54)63-21-26-3-9-30(10-4-26)48(57)58)38(24)66-33-17-34(46(20-33)43(56)65-23-28-7-13-32(14-8-28)50(61)62)39(52)45-16-15-29(19-45)18-44-42(55)64-22-27-5-11-31(12-6-27)49(59)60/h3-14,24-25,29,33-36,51H,15-23H2,1-2H3,(H,44,55)/t24-,25-,29-,33+,34+,35-,36-/m1/s1. The van der Waals surface area contributed by atoms with E-state index in [-0.39, 0.29) is 80.5 Å². The number of nitrogens with one attached hydrogen (secondary N) is 1. The molecule has 22 nitrogen and oxygen atoms in total. The molecule has 7 atom stereocenters. The highest BCUT2D eigenvalue weighted by Gasteiger charge is 2.61. The molecule has 0 bridgehead atoms. The molecular weight excluding hydrogens is 887 g/mol. The summed E-state index contributed by atoms with van der Waals surface area (Å²) < 4.78 is 16.6. The molecule has 4 aliphatic heterocycles. The number of nitro groups is 3. The molecule has 3 fully saturated rings. The first-order valence-corrected chi connectivity index (χ1v) is 21.8. The first-order valence-electron chi connectivity index (χ1n) is 20.9. The number of thioether (sulfide) groups is 1. The molecule has 0 aromatic heterocycles. The lowest BCUT2D eigenvalue weighted by molar-refractivity contribution is -0.385. The van der Waals surface area contributed by atoms with Crippen LogP contribution in [0.1, 0.15) is 43.4 Å². The summed E-state index contributed by atoms with van der Waals surface area (Å²) in [5.74, 6) is -3.10. The molecule has 0 radical (unpaired) electrons. The van der Waals surface area contributed by atoms with Crippen molar-refractivity contribution >= 4 is 58.8 Å². The fourth-order valence-corrected chi connectivity index (χ4v) is 10.1. The van der Waals surface area contributed by atoms with Crippen LogP contribution in [-0.2, 0) is 48.4 Å². The Hall–Kier alpha value is -7.14. The van der Waals surface area contributed by atoms with Gasteiger partial charge in [-0.05, 0) is 78.8 Å². The molecule has 3 aromatic rings. The highest BCUT2D eigenvalue weighted by Crippen LogP contribution is 2.52. The number of nitrogens with zero attached hydrogens (tertiary/aromatic N) is 6. The van der Waals surface area contributed by atoms with Crippen LogP contribution in [0.2, 0.25) is 0 Å². The molecule has 4 heterocycles. The number of likely N-dealkylation sites (tertiary alicyclic amines) is 2. The Bertz CT molecular complexity index is 2430. The number of carbonyl (C=O) groups excluding carboxylic acids is 5. The van der Waals surface area contributed by atoms with E-state index in [9.17, 15) is 59.4 Å². The van der Waals surface area contributed by atoms with Crippen LogP contribution in [0.4, 0.5) is 26.7 Å². The minimum absolute atomic E-state index is 0.0145. The molecule has 4 aliphatic rings. The maximum absolute atomic E-state index is 14.4. The summed E-state index contributed by atoms with van der Waals surface area (Å²) in [6.45, 7) is 3.39. The summed E-state index contributed by atoms with van der Waals surface area (Å²) in [6, 6.07) is 14.8. The molecule has 0 saturated carbocycles. The first kappa shape index (κ1) is 46.8. The van der Waals surface area contributed by atoms with Gasteiger partial charge in [-0.2, -0.15) is 0 Å². The molecule has 7 rings (SSSR count). The Balaban J connectivity index is 1.05. The van der Waals surface area contributed by atoms with Crippen LogP contribution in [0.3, 0.4) is 0 Å². The van der Waals surface area contributed by atoms with Crippen LogP contribution in [0.25, 0.3) is 0 Å². The second-order valence-electron chi connectivity index (χ2n) is 16.4. The Labute approximate surface area is 380 Å². The Morgan fingerprint density at radius 3 is 1.83 bits per heavy atom. The molecule has 348 valence electrons. The van der Waals surface area contributed by atoms with Crippen molar-refractivity contribution < 1.29 is 58.1 Å². The zero-order valence-electron chi connectivity index (χ0n) is 35.6. The number of rotatable bonds is 16. The van der Waals surface area contributed by atoms with Crippen molar-refractivity contribution in [1.29, 1.82) is 0 Å². The second kappa shape index (κ2) is 19.9. The molecular formula is C43H45N7O15S. The smallest absolute Gasteiger partial charge is 0.410 e. The van der Waals surface area contributed by atoms with E-state index in [0.717, 1.165) is 0 Å². The molecule has 66 heavy (non-hydrogen) atoms. The van der Waals surface area contributed by atoms with E-state index < -0.39 is 74.1 Å². The third-order valence-electron chi connectivity index (χ3n) is 12.1. The summed E-state index contributed by atoms with van der Waals surface area (Å²) in [5, 5.41) is 45.9. The maximum atomic E-state index is 14.4. The summed E-state index contributed by atoms with van der Waals surface area (Å²) in [7, 11) is 0. The lowest BCUT2D eigenvalue weighted by atomic mass is 9.79. The molecule has 2 N–H and O–H groups in total. The predicted molar refractivity (Wildman–Crippen MR) is 231 cm³/mol. The van der Waals surface area contributed by atoms with Gasteiger partial charge in [-0.3, -0.25) is 44.8 Å². The Morgan fingerprint density at radius 2 is 1.32 bits per heavy atom. The Kier molecular flexibility index (Phi) is 14.2. The van der Waals surface area contributed by atoms with Gasteiger partial charge in [0.2, 0.25) is 11.8 Å². The van der Waals surface area contributed by atoms with Crippen molar-refractivity contribution in [2.45, 2.75) is 69.9 Å². The lowest BCUT2D eigenvalue weighted by Gasteiger charge is -2.46. The third kappa shape index (κ3) is 10.2. The van der Waals surface area contributed by atoms with E-state index in [1.54, 1.807) is 4.90 Å². The van der Waals surface area contributed by atoms with Crippen molar-refractivity contribution in [1.82, 2.24) is 20.0 Å². The van der Waals surface area contributed by atoms with Gasteiger partial charge in [-0.1, -0.05) is 6.92 Å². The fourth-order valence-electron chi connectivity index (χ4n) is 8.59. The molecule has 4 amide bonds. The highest BCUT2D eigenvalue weighted by molar-refractivity contribution is 8.03. The van der Waals surface area contributed by atoms with Crippen LogP contribution >= 0.6 is 11.8 Å². The average Bonchev–Trinajstić information content (AvgIpc) is 4.01. The summed E-state index contributed by atoms with van der Waals surface area (Å²) in [4.78, 5) is 104. The molecule has 0 spiro atoms. The minimum atomic E-state index is -1.02. The van der Waals surface area contributed by atoms with Crippen LogP contribution in [0.15, 0.2) is 83.4 Å². The first-order chi connectivity index (χ1) is 31.5. The molecule has 3 aromatic carbocycles. The molecule has 0 aliphatic carbocycles. The maximum Gasteiger partial charge on any atom is 0.410 e.